The van der Waals surface area contributed by atoms with Crippen LogP contribution in [0.15, 0.2) is 46.9 Å². The number of carbonyl (C=O) groups is 1. The summed E-state index contributed by atoms with van der Waals surface area (Å²) in [7, 11) is -2.36. The van der Waals surface area contributed by atoms with Crippen LogP contribution in [0.3, 0.4) is 0 Å². The van der Waals surface area contributed by atoms with Crippen LogP contribution in [-0.4, -0.2) is 34.5 Å². The van der Waals surface area contributed by atoms with Crippen LogP contribution in [0.2, 0.25) is 0 Å². The third-order valence-electron chi connectivity index (χ3n) is 3.89. The number of carbonyl (C=O) groups excluding carboxylic acids is 1. The Bertz CT molecular complexity index is 936. The molecule has 0 unspecified atom stereocenters. The Morgan fingerprint density at radius 2 is 1.92 bits per heavy atom. The third kappa shape index (κ3) is 3.21. The lowest BCUT2D eigenvalue weighted by Gasteiger charge is -2.19. The first-order valence-electron chi connectivity index (χ1n) is 7.41. The van der Waals surface area contributed by atoms with Gasteiger partial charge in [0.1, 0.15) is 5.82 Å². The molecule has 1 N–H and O–H groups in total. The topological polar surface area (TPSA) is 69.7 Å². The van der Waals surface area contributed by atoms with Crippen molar-refractivity contribution < 1.29 is 17.6 Å². The van der Waals surface area contributed by atoms with E-state index in [4.69, 9.17) is 0 Å². The second-order valence-corrected chi connectivity index (χ2v) is 8.15. The van der Waals surface area contributed by atoms with E-state index in [9.17, 15) is 17.6 Å². The van der Waals surface area contributed by atoms with E-state index in [1.165, 1.54) is 25.2 Å². The summed E-state index contributed by atoms with van der Waals surface area (Å²) in [5, 5.41) is 2.68. The lowest BCUT2D eigenvalue weighted by atomic mass is 10.2. The van der Waals surface area contributed by atoms with E-state index in [0.717, 1.165) is 8.61 Å². The zero-order valence-corrected chi connectivity index (χ0v) is 15.6. The molecule has 0 saturated carbocycles. The number of nitrogens with one attached hydrogen (secondary N) is 1. The number of fused-ring (bicyclic) bond motifs is 1. The van der Waals surface area contributed by atoms with Crippen molar-refractivity contribution in [1.82, 2.24) is 5.32 Å². The van der Waals surface area contributed by atoms with Crippen molar-refractivity contribution in [3.8, 4) is 0 Å². The van der Waals surface area contributed by atoms with Crippen molar-refractivity contribution >= 4 is 43.4 Å². The minimum Gasteiger partial charge on any atom is -0.350 e. The van der Waals surface area contributed by atoms with E-state index in [2.05, 4.69) is 21.2 Å². The van der Waals surface area contributed by atoms with Gasteiger partial charge >= 0.3 is 10.2 Å². The fourth-order valence-electron chi connectivity index (χ4n) is 2.61. The van der Waals surface area contributed by atoms with Gasteiger partial charge in [0.2, 0.25) is 0 Å². The first-order valence-corrected chi connectivity index (χ1v) is 9.60. The van der Waals surface area contributed by atoms with E-state index in [0.29, 0.717) is 15.7 Å². The number of hydrogen-bond donors (Lipinski definition) is 1. The standard InChI is InChI=1S/C16H15BrFN3O3S/c1-20-14-7-6-11(18)10-15(14)21(25(20,23)24)9-8-19-16(22)12-4-2-3-5-13(12)17/h2-7,10H,8-9H2,1H3,(H,19,22). The van der Waals surface area contributed by atoms with Gasteiger partial charge in [0.15, 0.2) is 0 Å². The molecule has 1 amide bonds. The van der Waals surface area contributed by atoms with Crippen molar-refractivity contribution in [2.24, 2.45) is 0 Å². The lowest BCUT2D eigenvalue weighted by molar-refractivity contribution is 0.0954. The van der Waals surface area contributed by atoms with Crippen LogP contribution in [0, 0.1) is 5.82 Å². The van der Waals surface area contributed by atoms with E-state index < -0.39 is 16.0 Å². The number of amides is 1. The Labute approximate surface area is 153 Å². The van der Waals surface area contributed by atoms with Crippen molar-refractivity contribution in [1.29, 1.82) is 0 Å². The molecule has 25 heavy (non-hydrogen) atoms. The molecular weight excluding hydrogens is 413 g/mol. The Kier molecular flexibility index (Phi) is 4.70. The van der Waals surface area contributed by atoms with Gasteiger partial charge in [-0.2, -0.15) is 8.42 Å². The Morgan fingerprint density at radius 1 is 1.20 bits per heavy atom. The fourth-order valence-corrected chi connectivity index (χ4v) is 4.49. The Morgan fingerprint density at radius 3 is 2.64 bits per heavy atom. The summed E-state index contributed by atoms with van der Waals surface area (Å²) in [6, 6.07) is 10.7. The quantitative estimate of drug-likeness (QED) is 0.814. The van der Waals surface area contributed by atoms with Crippen LogP contribution in [0.4, 0.5) is 15.8 Å². The summed E-state index contributed by atoms with van der Waals surface area (Å²) in [4.78, 5) is 12.2. The summed E-state index contributed by atoms with van der Waals surface area (Å²) >= 11 is 3.29. The molecule has 0 aromatic heterocycles. The molecule has 1 aliphatic heterocycles. The average Bonchev–Trinajstić information content (AvgIpc) is 2.75. The van der Waals surface area contributed by atoms with Gasteiger partial charge in [-0.05, 0) is 40.2 Å². The van der Waals surface area contributed by atoms with Crippen molar-refractivity contribution in [3.05, 3.63) is 58.3 Å². The van der Waals surface area contributed by atoms with Crippen molar-refractivity contribution in [2.45, 2.75) is 0 Å². The van der Waals surface area contributed by atoms with Gasteiger partial charge in [-0.1, -0.05) is 12.1 Å². The molecule has 3 rings (SSSR count). The maximum atomic E-state index is 13.5. The van der Waals surface area contributed by atoms with Gasteiger partial charge in [-0.15, -0.1) is 0 Å². The van der Waals surface area contributed by atoms with E-state index in [1.807, 2.05) is 0 Å². The SMILES string of the molecule is CN1c2ccc(F)cc2N(CCNC(=O)c2ccccc2Br)S1(=O)=O. The van der Waals surface area contributed by atoms with E-state index >= 15 is 0 Å². The normalized spacial score (nSPS) is 15.2. The summed E-state index contributed by atoms with van der Waals surface area (Å²) in [5.74, 6) is -0.844. The lowest BCUT2D eigenvalue weighted by Crippen LogP contribution is -2.40. The van der Waals surface area contributed by atoms with Gasteiger partial charge in [0, 0.05) is 24.1 Å². The molecule has 0 bridgehead atoms. The average molecular weight is 428 g/mol. The van der Waals surface area contributed by atoms with Gasteiger partial charge in [-0.25, -0.2) is 8.70 Å². The highest BCUT2D eigenvalue weighted by Gasteiger charge is 2.37. The zero-order chi connectivity index (χ0) is 18.2. The highest BCUT2D eigenvalue weighted by molar-refractivity contribution is 9.10. The van der Waals surface area contributed by atoms with Crippen molar-refractivity contribution in [2.75, 3.05) is 28.7 Å². The second kappa shape index (κ2) is 6.64. The largest absolute Gasteiger partial charge is 0.350 e. The molecular formula is C16H15BrFN3O3S. The summed E-state index contributed by atoms with van der Waals surface area (Å²) in [6.07, 6.45) is 0. The number of hydrogen-bond acceptors (Lipinski definition) is 3. The maximum absolute atomic E-state index is 13.5. The third-order valence-corrected chi connectivity index (χ3v) is 6.41. The van der Waals surface area contributed by atoms with Crippen LogP contribution in [0.25, 0.3) is 0 Å². The highest BCUT2D eigenvalue weighted by atomic mass is 79.9. The number of nitrogens with zero attached hydrogens (tertiary/aromatic N) is 2. The van der Waals surface area contributed by atoms with Crippen molar-refractivity contribution in [3.63, 3.8) is 0 Å². The molecule has 0 spiro atoms. The molecule has 0 saturated heterocycles. The monoisotopic (exact) mass is 427 g/mol. The zero-order valence-electron chi connectivity index (χ0n) is 13.2. The van der Waals surface area contributed by atoms with Crippen LogP contribution in [-0.2, 0) is 10.2 Å². The number of benzene rings is 2. The predicted octanol–water partition coefficient (Wildman–Crippen LogP) is 2.52. The van der Waals surface area contributed by atoms with E-state index in [-0.39, 0.29) is 24.7 Å². The molecule has 1 aliphatic rings. The van der Waals surface area contributed by atoms with Crippen LogP contribution < -0.4 is 13.9 Å². The fraction of sp³-hybridized carbons (Fsp3) is 0.188. The smallest absolute Gasteiger partial charge is 0.326 e. The van der Waals surface area contributed by atoms with Crippen LogP contribution >= 0.6 is 15.9 Å². The summed E-state index contributed by atoms with van der Waals surface area (Å²) in [6.45, 7) is 0.0858. The molecule has 1 heterocycles. The van der Waals surface area contributed by atoms with Gasteiger partial charge < -0.3 is 5.32 Å². The molecule has 9 heteroatoms. The second-order valence-electron chi connectivity index (χ2n) is 5.42. The Balaban J connectivity index is 1.74. The number of rotatable bonds is 4. The molecule has 2 aromatic rings. The molecule has 132 valence electrons. The molecule has 6 nitrogen and oxygen atoms in total. The molecule has 0 radical (unpaired) electrons. The van der Waals surface area contributed by atoms with E-state index in [1.54, 1.807) is 24.3 Å². The first kappa shape index (κ1) is 17.7. The van der Waals surface area contributed by atoms with Gasteiger partial charge in [0.05, 0.1) is 23.5 Å². The number of anilines is 2. The first-order chi connectivity index (χ1) is 11.8. The van der Waals surface area contributed by atoms with Gasteiger partial charge in [0.25, 0.3) is 5.91 Å². The van der Waals surface area contributed by atoms with Crippen LogP contribution in [0.5, 0.6) is 0 Å². The van der Waals surface area contributed by atoms with Crippen LogP contribution in [0.1, 0.15) is 10.4 Å². The number of halogens is 2. The van der Waals surface area contributed by atoms with Gasteiger partial charge in [-0.3, -0.25) is 9.10 Å². The molecule has 0 fully saturated rings. The summed E-state index contributed by atoms with van der Waals surface area (Å²) in [5.41, 5.74) is 1.12. The minimum atomic E-state index is -3.77. The Hall–Kier alpha value is -2.13. The molecule has 2 aromatic carbocycles. The highest BCUT2D eigenvalue weighted by Crippen LogP contribution is 2.39. The molecule has 0 atom stereocenters. The minimum absolute atomic E-state index is 0.000675. The summed E-state index contributed by atoms with van der Waals surface area (Å²) < 4.78 is 41.3. The predicted molar refractivity (Wildman–Crippen MR) is 97.5 cm³/mol. The molecule has 0 aliphatic carbocycles. The maximum Gasteiger partial charge on any atom is 0.326 e.